The molecule has 5 heteroatoms. The summed E-state index contributed by atoms with van der Waals surface area (Å²) in [6.07, 6.45) is -5.08. The molecule has 0 spiro atoms. The minimum absolute atomic E-state index is 0.166. The first kappa shape index (κ1) is 10.4. The molecule has 1 aliphatic heterocycles. The largest absolute Gasteiger partial charge is 0.416 e. The van der Waals surface area contributed by atoms with Gasteiger partial charge in [0, 0.05) is 0 Å². The summed E-state index contributed by atoms with van der Waals surface area (Å²) in [6.45, 7) is -0.166. The molecule has 0 aromatic heterocycles. The monoisotopic (exact) mass is 218 g/mol. The normalized spacial score (nSPS) is 25.3. The molecule has 0 aliphatic carbocycles. The lowest BCUT2D eigenvalue weighted by Crippen LogP contribution is -2.05. The van der Waals surface area contributed by atoms with Gasteiger partial charge in [0.05, 0.1) is 12.2 Å². The number of hydrogen-bond acceptors (Lipinski definition) is 2. The first-order valence-corrected chi connectivity index (χ1v) is 4.46. The van der Waals surface area contributed by atoms with Gasteiger partial charge in [-0.2, -0.15) is 13.2 Å². The SMILES string of the molecule is OC[C@@H]1O[C@@H]1c1cccc(C(F)(F)F)c1. The predicted molar refractivity (Wildman–Crippen MR) is 46.1 cm³/mol. The van der Waals surface area contributed by atoms with Crippen molar-refractivity contribution in [3.8, 4) is 0 Å². The van der Waals surface area contributed by atoms with Crippen molar-refractivity contribution in [2.75, 3.05) is 6.61 Å². The first-order valence-electron chi connectivity index (χ1n) is 4.46. The van der Waals surface area contributed by atoms with Crippen LogP contribution < -0.4 is 0 Å². The molecule has 0 saturated carbocycles. The van der Waals surface area contributed by atoms with E-state index in [1.807, 2.05) is 0 Å². The van der Waals surface area contributed by atoms with E-state index >= 15 is 0 Å². The number of hydrogen-bond donors (Lipinski definition) is 1. The standard InChI is InChI=1S/C10H9F3O2/c11-10(12,13)7-3-1-2-6(4-7)9-8(5-14)15-9/h1-4,8-9,14H,5H2/t8-,9+/m0/s1. The Bertz CT molecular complexity index is 362. The molecule has 0 amide bonds. The van der Waals surface area contributed by atoms with Crippen molar-refractivity contribution < 1.29 is 23.0 Å². The smallest absolute Gasteiger partial charge is 0.394 e. The second kappa shape index (κ2) is 3.50. The van der Waals surface area contributed by atoms with Crippen molar-refractivity contribution >= 4 is 0 Å². The Kier molecular flexibility index (Phi) is 2.44. The second-order valence-corrected chi connectivity index (χ2v) is 3.40. The van der Waals surface area contributed by atoms with Crippen LogP contribution in [-0.4, -0.2) is 17.8 Å². The molecule has 2 atom stereocenters. The molecule has 15 heavy (non-hydrogen) atoms. The van der Waals surface area contributed by atoms with Gasteiger partial charge in [-0.05, 0) is 17.7 Å². The minimum Gasteiger partial charge on any atom is -0.394 e. The summed E-state index contributed by atoms with van der Waals surface area (Å²) in [5.41, 5.74) is -0.226. The number of alkyl halides is 3. The Labute approximate surface area is 84.3 Å². The van der Waals surface area contributed by atoms with Crippen LogP contribution in [0.5, 0.6) is 0 Å². The number of benzene rings is 1. The van der Waals surface area contributed by atoms with E-state index in [1.54, 1.807) is 6.07 Å². The van der Waals surface area contributed by atoms with Gasteiger partial charge in [-0.3, -0.25) is 0 Å². The third-order valence-corrected chi connectivity index (χ3v) is 2.30. The van der Waals surface area contributed by atoms with E-state index in [9.17, 15) is 13.2 Å². The molecule has 1 aromatic carbocycles. The molecule has 1 saturated heterocycles. The number of epoxide rings is 1. The van der Waals surface area contributed by atoms with Crippen LogP contribution >= 0.6 is 0 Å². The molecule has 1 heterocycles. The van der Waals surface area contributed by atoms with E-state index in [-0.39, 0.29) is 12.7 Å². The predicted octanol–water partition coefficient (Wildman–Crippen LogP) is 2.14. The zero-order valence-electron chi connectivity index (χ0n) is 7.66. The Hall–Kier alpha value is -1.07. The number of halogens is 3. The van der Waals surface area contributed by atoms with E-state index < -0.39 is 17.8 Å². The van der Waals surface area contributed by atoms with Gasteiger partial charge in [0.2, 0.25) is 0 Å². The number of ether oxygens (including phenoxy) is 1. The lowest BCUT2D eigenvalue weighted by atomic mass is 10.1. The van der Waals surface area contributed by atoms with Crippen molar-refractivity contribution in [1.29, 1.82) is 0 Å². The average molecular weight is 218 g/mol. The van der Waals surface area contributed by atoms with Gasteiger partial charge < -0.3 is 9.84 Å². The van der Waals surface area contributed by atoms with Crippen molar-refractivity contribution in [2.45, 2.75) is 18.4 Å². The van der Waals surface area contributed by atoms with Crippen molar-refractivity contribution in [3.05, 3.63) is 35.4 Å². The number of aliphatic hydroxyl groups is 1. The lowest BCUT2D eigenvalue weighted by molar-refractivity contribution is -0.137. The van der Waals surface area contributed by atoms with E-state index in [0.717, 1.165) is 12.1 Å². The van der Waals surface area contributed by atoms with Crippen molar-refractivity contribution in [1.82, 2.24) is 0 Å². The Balaban J connectivity index is 2.21. The zero-order valence-corrected chi connectivity index (χ0v) is 7.66. The van der Waals surface area contributed by atoms with Crippen LogP contribution in [0.25, 0.3) is 0 Å². The molecule has 1 N–H and O–H groups in total. The van der Waals surface area contributed by atoms with Gasteiger partial charge in [-0.25, -0.2) is 0 Å². The minimum atomic E-state index is -4.33. The molecule has 0 radical (unpaired) electrons. The summed E-state index contributed by atoms with van der Waals surface area (Å²) in [6, 6.07) is 4.98. The third kappa shape index (κ3) is 2.13. The van der Waals surface area contributed by atoms with E-state index in [0.29, 0.717) is 5.56 Å². The van der Waals surface area contributed by atoms with Crippen LogP contribution in [0.15, 0.2) is 24.3 Å². The Morgan fingerprint density at radius 3 is 2.60 bits per heavy atom. The van der Waals surface area contributed by atoms with Gasteiger partial charge in [0.25, 0.3) is 0 Å². The fraction of sp³-hybridized carbons (Fsp3) is 0.400. The molecule has 1 aliphatic rings. The first-order chi connectivity index (χ1) is 7.02. The fourth-order valence-corrected chi connectivity index (χ4v) is 1.47. The molecule has 1 fully saturated rings. The van der Waals surface area contributed by atoms with Gasteiger partial charge >= 0.3 is 6.18 Å². The Morgan fingerprint density at radius 2 is 2.07 bits per heavy atom. The summed E-state index contributed by atoms with van der Waals surface area (Å²) >= 11 is 0. The summed E-state index contributed by atoms with van der Waals surface area (Å²) < 4.78 is 42.0. The second-order valence-electron chi connectivity index (χ2n) is 3.40. The summed E-state index contributed by atoms with van der Waals surface area (Å²) in [5, 5.41) is 8.72. The summed E-state index contributed by atoms with van der Waals surface area (Å²) in [7, 11) is 0. The molecule has 1 aromatic rings. The molecule has 0 bridgehead atoms. The highest BCUT2D eigenvalue weighted by Crippen LogP contribution is 2.40. The molecular formula is C10H9F3O2. The Morgan fingerprint density at radius 1 is 1.33 bits per heavy atom. The van der Waals surface area contributed by atoms with Crippen LogP contribution in [-0.2, 0) is 10.9 Å². The van der Waals surface area contributed by atoms with Crippen LogP contribution in [0, 0.1) is 0 Å². The quantitative estimate of drug-likeness (QED) is 0.771. The maximum absolute atomic E-state index is 12.3. The van der Waals surface area contributed by atoms with E-state index in [4.69, 9.17) is 9.84 Å². The van der Waals surface area contributed by atoms with Crippen LogP contribution in [0.3, 0.4) is 0 Å². The van der Waals surface area contributed by atoms with Gasteiger partial charge in [0.15, 0.2) is 0 Å². The van der Waals surface area contributed by atoms with Crippen molar-refractivity contribution in [2.24, 2.45) is 0 Å². The maximum atomic E-state index is 12.3. The van der Waals surface area contributed by atoms with Crippen LogP contribution in [0.4, 0.5) is 13.2 Å². The molecule has 2 rings (SSSR count). The highest BCUT2D eigenvalue weighted by molar-refractivity contribution is 5.29. The van der Waals surface area contributed by atoms with Crippen molar-refractivity contribution in [3.63, 3.8) is 0 Å². The fourth-order valence-electron chi connectivity index (χ4n) is 1.47. The van der Waals surface area contributed by atoms with Gasteiger partial charge in [-0.15, -0.1) is 0 Å². The van der Waals surface area contributed by atoms with Gasteiger partial charge in [-0.1, -0.05) is 12.1 Å². The number of rotatable bonds is 2. The highest BCUT2D eigenvalue weighted by atomic mass is 19.4. The van der Waals surface area contributed by atoms with E-state index in [2.05, 4.69) is 0 Å². The van der Waals surface area contributed by atoms with Crippen LogP contribution in [0.2, 0.25) is 0 Å². The maximum Gasteiger partial charge on any atom is 0.416 e. The third-order valence-electron chi connectivity index (χ3n) is 2.30. The summed E-state index contributed by atoms with van der Waals surface area (Å²) in [4.78, 5) is 0. The lowest BCUT2D eigenvalue weighted by Gasteiger charge is -2.07. The van der Waals surface area contributed by atoms with Crippen LogP contribution in [0.1, 0.15) is 17.2 Å². The van der Waals surface area contributed by atoms with Gasteiger partial charge in [0.1, 0.15) is 12.2 Å². The molecule has 82 valence electrons. The highest BCUT2D eigenvalue weighted by Gasteiger charge is 2.40. The molecular weight excluding hydrogens is 209 g/mol. The summed E-state index contributed by atoms with van der Waals surface area (Å²) in [5.74, 6) is 0. The van der Waals surface area contributed by atoms with E-state index in [1.165, 1.54) is 6.07 Å². The molecule has 0 unspecified atom stereocenters. The average Bonchev–Trinajstić information content (AvgIpc) is 2.95. The number of aliphatic hydroxyl groups excluding tert-OH is 1. The zero-order chi connectivity index (χ0) is 11.1. The topological polar surface area (TPSA) is 32.8 Å². The molecule has 2 nitrogen and oxygen atoms in total.